The molecule has 0 spiro atoms. The number of hydrogen-bond donors (Lipinski definition) is 1. The van der Waals surface area contributed by atoms with Crippen molar-refractivity contribution < 1.29 is 23.1 Å². The third-order valence-corrected chi connectivity index (χ3v) is 5.58. The largest absolute Gasteiger partial charge is 0.476 e. The SMILES string of the molecule is Cc1cc(C(F)(F)F)nn1CCN1CCC(c2nc(C(=O)O)cs2)CC1. The number of aromatic carboxylic acids is 1. The number of aromatic nitrogens is 3. The number of piperidine rings is 1. The Morgan fingerprint density at radius 3 is 2.58 bits per heavy atom. The number of aryl methyl sites for hydroxylation is 1. The van der Waals surface area contributed by atoms with Crippen LogP contribution in [0.3, 0.4) is 0 Å². The van der Waals surface area contributed by atoms with Gasteiger partial charge in [-0.3, -0.25) is 4.68 Å². The Morgan fingerprint density at radius 1 is 1.35 bits per heavy atom. The van der Waals surface area contributed by atoms with Gasteiger partial charge in [0.2, 0.25) is 0 Å². The fourth-order valence-corrected chi connectivity index (χ4v) is 4.05. The van der Waals surface area contributed by atoms with Gasteiger partial charge in [-0.05, 0) is 38.9 Å². The Bertz CT molecular complexity index is 779. The predicted octanol–water partition coefficient (Wildman–Crippen LogP) is 3.24. The molecule has 0 aromatic carbocycles. The first kappa shape index (κ1) is 18.8. The summed E-state index contributed by atoms with van der Waals surface area (Å²) in [5.41, 5.74) is -0.273. The van der Waals surface area contributed by atoms with E-state index in [0.717, 1.165) is 37.0 Å². The zero-order valence-electron chi connectivity index (χ0n) is 14.2. The van der Waals surface area contributed by atoms with Gasteiger partial charge in [0.1, 0.15) is 0 Å². The number of carboxylic acid groups (broad SMARTS) is 1. The van der Waals surface area contributed by atoms with Gasteiger partial charge in [0.15, 0.2) is 11.4 Å². The molecule has 2 aromatic heterocycles. The number of hydrogen-bond acceptors (Lipinski definition) is 5. The van der Waals surface area contributed by atoms with E-state index in [2.05, 4.69) is 15.0 Å². The molecule has 26 heavy (non-hydrogen) atoms. The third kappa shape index (κ3) is 4.24. The maximum absolute atomic E-state index is 12.7. The van der Waals surface area contributed by atoms with Crippen LogP contribution in [0.15, 0.2) is 11.4 Å². The van der Waals surface area contributed by atoms with Crippen LogP contribution in [0.4, 0.5) is 13.2 Å². The van der Waals surface area contributed by atoms with Crippen LogP contribution in [0.2, 0.25) is 0 Å². The normalized spacial score (nSPS) is 16.9. The second-order valence-corrected chi connectivity index (χ2v) is 7.27. The molecule has 0 unspecified atom stereocenters. The van der Waals surface area contributed by atoms with Crippen molar-refractivity contribution in [2.24, 2.45) is 0 Å². The lowest BCUT2D eigenvalue weighted by atomic mass is 9.97. The lowest BCUT2D eigenvalue weighted by molar-refractivity contribution is -0.141. The summed E-state index contributed by atoms with van der Waals surface area (Å²) in [6, 6.07) is 1.06. The quantitative estimate of drug-likeness (QED) is 0.851. The minimum absolute atomic E-state index is 0.0852. The summed E-state index contributed by atoms with van der Waals surface area (Å²) in [7, 11) is 0. The molecule has 6 nitrogen and oxygen atoms in total. The van der Waals surface area contributed by atoms with E-state index in [9.17, 15) is 18.0 Å². The van der Waals surface area contributed by atoms with Gasteiger partial charge in [-0.1, -0.05) is 0 Å². The van der Waals surface area contributed by atoms with Crippen LogP contribution in [0, 0.1) is 6.92 Å². The molecule has 3 rings (SSSR count). The highest BCUT2D eigenvalue weighted by molar-refractivity contribution is 7.09. The van der Waals surface area contributed by atoms with Crippen LogP contribution < -0.4 is 0 Å². The molecule has 0 aliphatic carbocycles. The molecule has 0 saturated carbocycles. The van der Waals surface area contributed by atoms with E-state index in [1.165, 1.54) is 16.0 Å². The molecule has 1 aliphatic rings. The number of halogens is 3. The highest BCUT2D eigenvalue weighted by atomic mass is 32.1. The Labute approximate surface area is 152 Å². The highest BCUT2D eigenvalue weighted by Crippen LogP contribution is 2.31. The lowest BCUT2D eigenvalue weighted by Crippen LogP contribution is -2.35. The lowest BCUT2D eigenvalue weighted by Gasteiger charge is -2.31. The first-order valence-corrected chi connectivity index (χ1v) is 9.14. The minimum atomic E-state index is -4.42. The van der Waals surface area contributed by atoms with Crippen molar-refractivity contribution in [2.45, 2.75) is 38.4 Å². The van der Waals surface area contributed by atoms with Crippen molar-refractivity contribution in [1.29, 1.82) is 0 Å². The molecule has 1 saturated heterocycles. The maximum Gasteiger partial charge on any atom is 0.435 e. The molecule has 3 heterocycles. The molecule has 1 N–H and O–H groups in total. The first-order valence-electron chi connectivity index (χ1n) is 8.27. The molecule has 0 atom stereocenters. The summed E-state index contributed by atoms with van der Waals surface area (Å²) in [5.74, 6) is -0.773. The van der Waals surface area contributed by atoms with Gasteiger partial charge >= 0.3 is 12.1 Å². The van der Waals surface area contributed by atoms with Crippen LogP contribution in [0.1, 0.15) is 45.6 Å². The smallest absolute Gasteiger partial charge is 0.435 e. The summed E-state index contributed by atoms with van der Waals surface area (Å²) in [6.07, 6.45) is -2.70. The Balaban J connectivity index is 1.51. The van der Waals surface area contributed by atoms with E-state index in [-0.39, 0.29) is 11.6 Å². The van der Waals surface area contributed by atoms with E-state index in [1.807, 2.05) is 0 Å². The average Bonchev–Trinajstić information content (AvgIpc) is 3.20. The zero-order chi connectivity index (χ0) is 18.9. The standard InChI is InChI=1S/C16H19F3N4O2S/c1-10-8-13(16(17,18)19)21-23(10)7-6-22-4-2-11(3-5-22)14-20-12(9-26-14)15(24)25/h8-9,11H,2-7H2,1H3,(H,24,25). The molecule has 2 aromatic rings. The van der Waals surface area contributed by atoms with E-state index in [1.54, 1.807) is 12.3 Å². The number of rotatable bonds is 5. The number of alkyl halides is 3. The monoisotopic (exact) mass is 388 g/mol. The van der Waals surface area contributed by atoms with Gasteiger partial charge in [-0.2, -0.15) is 18.3 Å². The number of likely N-dealkylation sites (tertiary alicyclic amines) is 1. The van der Waals surface area contributed by atoms with Crippen LogP contribution in [-0.4, -0.2) is 50.4 Å². The number of nitrogens with zero attached hydrogens (tertiary/aromatic N) is 4. The topological polar surface area (TPSA) is 71.2 Å². The Morgan fingerprint density at radius 2 is 2.04 bits per heavy atom. The number of carbonyl (C=O) groups is 1. The Hall–Kier alpha value is -1.94. The molecule has 0 amide bonds. The van der Waals surface area contributed by atoms with Crippen LogP contribution in [0.5, 0.6) is 0 Å². The van der Waals surface area contributed by atoms with E-state index in [4.69, 9.17) is 5.11 Å². The summed E-state index contributed by atoms with van der Waals surface area (Å²) < 4.78 is 39.5. The summed E-state index contributed by atoms with van der Waals surface area (Å²) >= 11 is 1.37. The molecule has 1 aliphatic heterocycles. The van der Waals surface area contributed by atoms with Crippen molar-refractivity contribution in [3.63, 3.8) is 0 Å². The van der Waals surface area contributed by atoms with Crippen molar-refractivity contribution in [3.8, 4) is 0 Å². The molecule has 142 valence electrons. The van der Waals surface area contributed by atoms with Gasteiger partial charge in [0.25, 0.3) is 0 Å². The third-order valence-electron chi connectivity index (χ3n) is 4.58. The molecule has 1 fully saturated rings. The van der Waals surface area contributed by atoms with Gasteiger partial charge in [-0.25, -0.2) is 9.78 Å². The fourth-order valence-electron chi connectivity index (χ4n) is 3.09. The summed E-state index contributed by atoms with van der Waals surface area (Å²) in [5, 5.41) is 15.0. The second kappa shape index (κ2) is 7.36. The van der Waals surface area contributed by atoms with Crippen LogP contribution in [-0.2, 0) is 12.7 Å². The van der Waals surface area contributed by atoms with Crippen molar-refractivity contribution >= 4 is 17.3 Å². The second-order valence-electron chi connectivity index (χ2n) is 6.38. The van der Waals surface area contributed by atoms with E-state index in [0.29, 0.717) is 18.8 Å². The molecule has 0 radical (unpaired) electrons. The van der Waals surface area contributed by atoms with Crippen molar-refractivity contribution in [3.05, 3.63) is 33.5 Å². The van der Waals surface area contributed by atoms with Crippen LogP contribution in [0.25, 0.3) is 0 Å². The predicted molar refractivity (Wildman–Crippen MR) is 89.5 cm³/mol. The number of carboxylic acids is 1. The Kier molecular flexibility index (Phi) is 5.33. The van der Waals surface area contributed by atoms with Gasteiger partial charge in [0, 0.05) is 23.5 Å². The van der Waals surface area contributed by atoms with Gasteiger partial charge in [-0.15, -0.1) is 11.3 Å². The zero-order valence-corrected chi connectivity index (χ0v) is 15.0. The van der Waals surface area contributed by atoms with E-state index < -0.39 is 17.8 Å². The van der Waals surface area contributed by atoms with E-state index >= 15 is 0 Å². The molecular formula is C16H19F3N4O2S. The summed E-state index contributed by atoms with van der Waals surface area (Å²) in [4.78, 5) is 17.3. The minimum Gasteiger partial charge on any atom is -0.476 e. The van der Waals surface area contributed by atoms with Crippen molar-refractivity contribution in [1.82, 2.24) is 19.7 Å². The van der Waals surface area contributed by atoms with Crippen LogP contribution >= 0.6 is 11.3 Å². The molecular weight excluding hydrogens is 369 g/mol. The molecule has 0 bridgehead atoms. The average molecular weight is 388 g/mol. The first-order chi connectivity index (χ1) is 12.2. The highest BCUT2D eigenvalue weighted by Gasteiger charge is 2.34. The summed E-state index contributed by atoms with van der Waals surface area (Å²) in [6.45, 7) is 4.27. The maximum atomic E-state index is 12.7. The fraction of sp³-hybridized carbons (Fsp3) is 0.562. The number of thiazole rings is 1. The van der Waals surface area contributed by atoms with Gasteiger partial charge < -0.3 is 10.0 Å². The molecule has 10 heteroatoms. The van der Waals surface area contributed by atoms with Gasteiger partial charge in [0.05, 0.1) is 11.6 Å². The van der Waals surface area contributed by atoms with Crippen molar-refractivity contribution in [2.75, 3.05) is 19.6 Å².